The molecular weight excluding hydrogens is 410 g/mol. The van der Waals surface area contributed by atoms with E-state index in [9.17, 15) is 9.59 Å². The first-order chi connectivity index (χ1) is 14.0. The molecule has 2 heterocycles. The predicted molar refractivity (Wildman–Crippen MR) is 114 cm³/mol. The summed E-state index contributed by atoms with van der Waals surface area (Å²) in [5.74, 6) is -0.905. The van der Waals surface area contributed by atoms with E-state index >= 15 is 4.39 Å². The largest absolute Gasteiger partial charge is 0.501 e. The Morgan fingerprint density at radius 3 is 2.33 bits per heavy atom. The number of halogens is 1. The van der Waals surface area contributed by atoms with Crippen molar-refractivity contribution in [3.8, 4) is 5.75 Å². The zero-order valence-corrected chi connectivity index (χ0v) is 18.9. The molecule has 9 heteroatoms. The Kier molecular flexibility index (Phi) is 6.27. The van der Waals surface area contributed by atoms with Crippen LogP contribution in [0.4, 0.5) is 4.39 Å². The molecule has 0 bridgehead atoms. The lowest BCUT2D eigenvalue weighted by Crippen LogP contribution is -2.41. The van der Waals surface area contributed by atoms with Gasteiger partial charge in [0.25, 0.3) is 0 Å². The Labute approximate surface area is 179 Å². The zero-order valence-electron chi connectivity index (χ0n) is 18.1. The SMILES string of the molecule is CCOC(=O)CCC(=O)c1cc2c(F)c(B3OC(C)(C)C(C)(C)O3)c(OC)cc2s1. The highest BCUT2D eigenvalue weighted by molar-refractivity contribution is 7.20. The average molecular weight is 436 g/mol. The van der Waals surface area contributed by atoms with Crippen molar-refractivity contribution >= 4 is 45.8 Å². The van der Waals surface area contributed by atoms with Gasteiger partial charge in [-0.3, -0.25) is 9.59 Å². The van der Waals surface area contributed by atoms with Gasteiger partial charge in [0.05, 0.1) is 41.7 Å². The van der Waals surface area contributed by atoms with Crippen molar-refractivity contribution in [2.45, 2.75) is 58.7 Å². The number of carbonyl (C=O) groups excluding carboxylic acids is 2. The monoisotopic (exact) mass is 436 g/mol. The van der Waals surface area contributed by atoms with E-state index in [4.69, 9.17) is 18.8 Å². The molecule has 6 nitrogen and oxygen atoms in total. The lowest BCUT2D eigenvalue weighted by Gasteiger charge is -2.32. The van der Waals surface area contributed by atoms with Crippen LogP contribution in [-0.4, -0.2) is 43.8 Å². The number of hydrogen-bond acceptors (Lipinski definition) is 7. The van der Waals surface area contributed by atoms with Crippen molar-refractivity contribution in [2.24, 2.45) is 0 Å². The molecule has 162 valence electrons. The molecule has 1 aromatic heterocycles. The summed E-state index contributed by atoms with van der Waals surface area (Å²) in [6.07, 6.45) is 0.000381. The first kappa shape index (κ1) is 22.7. The summed E-state index contributed by atoms with van der Waals surface area (Å²) in [7, 11) is 0.520. The number of benzene rings is 1. The van der Waals surface area contributed by atoms with Crippen molar-refractivity contribution in [1.82, 2.24) is 0 Å². The summed E-state index contributed by atoms with van der Waals surface area (Å²) in [5.41, 5.74) is -1.09. The molecule has 1 aliphatic heterocycles. The van der Waals surface area contributed by atoms with Gasteiger partial charge in [-0.05, 0) is 46.8 Å². The second kappa shape index (κ2) is 8.28. The summed E-state index contributed by atoms with van der Waals surface area (Å²) < 4.78 is 38.4. The standard InChI is InChI=1S/C21H26BFO6S/c1-7-27-17(25)9-8-13(24)16-10-12-15(30-16)11-14(26-6)18(19(12)23)22-28-20(2,3)21(4,5)29-22/h10-11H,7-9H2,1-6H3. The molecule has 1 saturated heterocycles. The van der Waals surface area contributed by atoms with Crippen LogP contribution in [0.1, 0.15) is 57.1 Å². The molecule has 2 aromatic rings. The molecule has 0 N–H and O–H groups in total. The van der Waals surface area contributed by atoms with Gasteiger partial charge >= 0.3 is 13.1 Å². The fraction of sp³-hybridized carbons (Fsp3) is 0.524. The normalized spacial score (nSPS) is 17.4. The van der Waals surface area contributed by atoms with Crippen LogP contribution in [-0.2, 0) is 18.8 Å². The molecule has 0 amide bonds. The molecule has 1 aliphatic rings. The number of rotatable bonds is 7. The van der Waals surface area contributed by atoms with E-state index in [1.54, 1.807) is 13.0 Å². The van der Waals surface area contributed by atoms with E-state index in [0.29, 0.717) is 20.7 Å². The maximum atomic E-state index is 15.5. The number of carbonyl (C=O) groups is 2. The molecule has 1 aromatic carbocycles. The lowest BCUT2D eigenvalue weighted by molar-refractivity contribution is -0.143. The Hall–Kier alpha value is -1.97. The minimum Gasteiger partial charge on any atom is -0.497 e. The summed E-state index contributed by atoms with van der Waals surface area (Å²) >= 11 is 1.16. The van der Waals surface area contributed by atoms with Gasteiger partial charge in [-0.1, -0.05) is 0 Å². The van der Waals surface area contributed by atoms with Crippen molar-refractivity contribution in [1.29, 1.82) is 0 Å². The van der Waals surface area contributed by atoms with Crippen LogP contribution < -0.4 is 10.2 Å². The van der Waals surface area contributed by atoms with Gasteiger partial charge in [0.15, 0.2) is 5.78 Å². The van der Waals surface area contributed by atoms with Gasteiger partial charge < -0.3 is 18.8 Å². The van der Waals surface area contributed by atoms with E-state index in [1.165, 1.54) is 13.2 Å². The Morgan fingerprint density at radius 2 is 1.77 bits per heavy atom. The van der Waals surface area contributed by atoms with E-state index in [2.05, 4.69) is 0 Å². The first-order valence-electron chi connectivity index (χ1n) is 9.85. The van der Waals surface area contributed by atoms with Crippen LogP contribution in [0.25, 0.3) is 10.1 Å². The molecule has 1 fully saturated rings. The van der Waals surface area contributed by atoms with Gasteiger partial charge in [-0.2, -0.15) is 0 Å². The van der Waals surface area contributed by atoms with Gasteiger partial charge in [0.2, 0.25) is 0 Å². The Morgan fingerprint density at radius 1 is 1.13 bits per heavy atom. The molecule has 0 saturated carbocycles. The maximum Gasteiger partial charge on any atom is 0.501 e. The molecule has 30 heavy (non-hydrogen) atoms. The second-order valence-electron chi connectivity index (χ2n) is 8.15. The van der Waals surface area contributed by atoms with Crippen molar-refractivity contribution < 1.29 is 32.8 Å². The van der Waals surface area contributed by atoms with E-state index in [-0.39, 0.29) is 30.7 Å². The average Bonchev–Trinajstić information content (AvgIpc) is 3.18. The number of Topliss-reactive ketones (excluding diaryl/α,β-unsaturated/α-hetero) is 1. The van der Waals surface area contributed by atoms with Crippen molar-refractivity contribution in [3.05, 3.63) is 22.8 Å². The van der Waals surface area contributed by atoms with Crippen LogP contribution in [0.15, 0.2) is 12.1 Å². The van der Waals surface area contributed by atoms with Crippen LogP contribution in [0, 0.1) is 5.82 Å². The fourth-order valence-corrected chi connectivity index (χ4v) is 4.25. The molecule has 0 radical (unpaired) electrons. The molecule has 0 unspecified atom stereocenters. The van der Waals surface area contributed by atoms with Crippen molar-refractivity contribution in [3.63, 3.8) is 0 Å². The van der Waals surface area contributed by atoms with Crippen LogP contribution in [0.3, 0.4) is 0 Å². The molecule has 0 atom stereocenters. The van der Waals surface area contributed by atoms with Gasteiger partial charge in [0.1, 0.15) is 11.6 Å². The molecule has 0 aliphatic carbocycles. The minimum atomic E-state index is -0.933. The number of esters is 1. The smallest absolute Gasteiger partial charge is 0.497 e. The second-order valence-corrected chi connectivity index (χ2v) is 9.23. The highest BCUT2D eigenvalue weighted by Gasteiger charge is 2.53. The zero-order chi connectivity index (χ0) is 22.3. The van der Waals surface area contributed by atoms with E-state index < -0.39 is 30.1 Å². The van der Waals surface area contributed by atoms with Gasteiger partial charge in [-0.15, -0.1) is 11.3 Å². The number of methoxy groups -OCH3 is 1. The summed E-state index contributed by atoms with van der Waals surface area (Å²) in [6.45, 7) is 9.53. The van der Waals surface area contributed by atoms with E-state index in [0.717, 1.165) is 11.3 Å². The summed E-state index contributed by atoms with van der Waals surface area (Å²) in [5, 5.41) is 0.296. The predicted octanol–water partition coefficient (Wildman–Crippen LogP) is 3.87. The molecule has 3 rings (SSSR count). The van der Waals surface area contributed by atoms with Crippen LogP contribution in [0.5, 0.6) is 5.75 Å². The summed E-state index contributed by atoms with van der Waals surface area (Å²) in [6, 6.07) is 3.20. The number of fused-ring (bicyclic) bond motifs is 1. The lowest BCUT2D eigenvalue weighted by atomic mass is 9.77. The summed E-state index contributed by atoms with van der Waals surface area (Å²) in [4.78, 5) is 24.4. The van der Waals surface area contributed by atoms with Gasteiger partial charge in [-0.25, -0.2) is 4.39 Å². The maximum absolute atomic E-state index is 15.5. The number of hydrogen-bond donors (Lipinski definition) is 0. The van der Waals surface area contributed by atoms with Crippen molar-refractivity contribution in [2.75, 3.05) is 13.7 Å². The van der Waals surface area contributed by atoms with Gasteiger partial charge in [0, 0.05) is 16.5 Å². The van der Waals surface area contributed by atoms with Crippen LogP contribution >= 0.6 is 11.3 Å². The topological polar surface area (TPSA) is 71.1 Å². The first-order valence-corrected chi connectivity index (χ1v) is 10.7. The Balaban J connectivity index is 1.94. The third-order valence-corrected chi connectivity index (χ3v) is 6.73. The molecular formula is C21H26BFO6S. The fourth-order valence-electron chi connectivity index (χ4n) is 3.19. The minimum absolute atomic E-state index is 0.00804. The third-order valence-electron chi connectivity index (χ3n) is 5.61. The number of ether oxygens (including phenoxy) is 2. The highest BCUT2D eigenvalue weighted by atomic mass is 32.1. The Bertz CT molecular complexity index is 968. The quantitative estimate of drug-likeness (QED) is 0.373. The van der Waals surface area contributed by atoms with Crippen LogP contribution in [0.2, 0.25) is 0 Å². The molecule has 0 spiro atoms. The number of ketones is 1. The number of thiophene rings is 1. The third kappa shape index (κ3) is 4.11. The highest BCUT2D eigenvalue weighted by Crippen LogP contribution is 2.39. The van der Waals surface area contributed by atoms with E-state index in [1.807, 2.05) is 27.7 Å².